The fraction of sp³-hybridized carbons (Fsp3) is 0.471. The fourth-order valence-corrected chi connectivity index (χ4v) is 4.21. The number of aryl methyl sites for hydroxylation is 2. The Morgan fingerprint density at radius 2 is 2.08 bits per heavy atom. The molecule has 0 aliphatic carbocycles. The minimum atomic E-state index is -0.265. The fourth-order valence-electron chi connectivity index (χ4n) is 3.01. The van der Waals surface area contributed by atoms with Gasteiger partial charge in [0.2, 0.25) is 5.95 Å². The predicted molar refractivity (Wildman–Crippen MR) is 98.2 cm³/mol. The molecule has 1 unspecified atom stereocenters. The summed E-state index contributed by atoms with van der Waals surface area (Å²) in [5, 5.41) is 3.28. The number of hydrogen-bond donors (Lipinski definition) is 1. The summed E-state index contributed by atoms with van der Waals surface area (Å²) in [6.45, 7) is 7.96. The number of hydrogen-bond acceptors (Lipinski definition) is 5. The van der Waals surface area contributed by atoms with Crippen molar-refractivity contribution in [1.29, 1.82) is 0 Å². The molecule has 3 rings (SSSR count). The van der Waals surface area contributed by atoms with Gasteiger partial charge in [-0.25, -0.2) is 9.97 Å². The summed E-state index contributed by atoms with van der Waals surface area (Å²) in [5.41, 5.74) is 1.38. The molecule has 2 aromatic heterocycles. The maximum Gasteiger partial charge on any atom is 0.272 e. The number of anilines is 1. The standard InChI is InChI=1S/C17H21ClN4OS/c1-10-8-13(12(3)24-10)11(2)20-16(23)15-14(18)9-19-17(21-15)22-6-4-5-7-22/h8-9,11H,4-7H2,1-3H3,(H,20,23). The second-order valence-electron chi connectivity index (χ2n) is 6.12. The van der Waals surface area contributed by atoms with Crippen LogP contribution in [0.2, 0.25) is 5.02 Å². The molecule has 0 aromatic carbocycles. The Kier molecular flexibility index (Phi) is 5.06. The lowest BCUT2D eigenvalue weighted by Gasteiger charge is -2.17. The Labute approximate surface area is 151 Å². The smallest absolute Gasteiger partial charge is 0.272 e. The van der Waals surface area contributed by atoms with Gasteiger partial charge in [-0.1, -0.05) is 11.6 Å². The zero-order valence-corrected chi connectivity index (χ0v) is 15.7. The molecule has 7 heteroatoms. The molecular formula is C17H21ClN4OS. The third kappa shape index (κ3) is 3.54. The third-order valence-electron chi connectivity index (χ3n) is 4.23. The summed E-state index contributed by atoms with van der Waals surface area (Å²) in [5.74, 6) is 0.316. The van der Waals surface area contributed by atoms with Gasteiger partial charge in [0.05, 0.1) is 17.3 Å². The van der Waals surface area contributed by atoms with Crippen molar-refractivity contribution in [2.45, 2.75) is 39.7 Å². The van der Waals surface area contributed by atoms with Crippen LogP contribution in [0.4, 0.5) is 5.95 Å². The second kappa shape index (κ2) is 7.07. The number of rotatable bonds is 4. The lowest BCUT2D eigenvalue weighted by Crippen LogP contribution is -2.29. The highest BCUT2D eigenvalue weighted by Crippen LogP contribution is 2.27. The van der Waals surface area contributed by atoms with E-state index in [1.54, 1.807) is 11.3 Å². The van der Waals surface area contributed by atoms with Gasteiger partial charge in [-0.3, -0.25) is 4.79 Å². The van der Waals surface area contributed by atoms with E-state index in [1.165, 1.54) is 16.0 Å². The van der Waals surface area contributed by atoms with Gasteiger partial charge in [-0.05, 0) is 45.2 Å². The first-order chi connectivity index (χ1) is 11.5. The van der Waals surface area contributed by atoms with Crippen LogP contribution >= 0.6 is 22.9 Å². The molecule has 0 spiro atoms. The van der Waals surface area contributed by atoms with Gasteiger partial charge in [0.15, 0.2) is 5.69 Å². The van der Waals surface area contributed by atoms with E-state index in [1.807, 2.05) is 6.92 Å². The largest absolute Gasteiger partial charge is 0.344 e. The topological polar surface area (TPSA) is 58.1 Å². The van der Waals surface area contributed by atoms with E-state index in [-0.39, 0.29) is 22.7 Å². The molecule has 1 aliphatic heterocycles. The van der Waals surface area contributed by atoms with E-state index in [9.17, 15) is 4.79 Å². The summed E-state index contributed by atoms with van der Waals surface area (Å²) in [6.07, 6.45) is 3.77. The minimum Gasteiger partial charge on any atom is -0.344 e. The van der Waals surface area contributed by atoms with Gasteiger partial charge < -0.3 is 10.2 Å². The first-order valence-corrected chi connectivity index (χ1v) is 9.30. The van der Waals surface area contributed by atoms with Crippen molar-refractivity contribution >= 4 is 34.8 Å². The molecule has 0 saturated carbocycles. The van der Waals surface area contributed by atoms with Crippen molar-refractivity contribution < 1.29 is 4.79 Å². The minimum absolute atomic E-state index is 0.0938. The van der Waals surface area contributed by atoms with Crippen LogP contribution in [-0.2, 0) is 0 Å². The van der Waals surface area contributed by atoms with Crippen LogP contribution in [0.5, 0.6) is 0 Å². The molecule has 128 valence electrons. The number of carbonyl (C=O) groups is 1. The van der Waals surface area contributed by atoms with Crippen molar-refractivity contribution in [3.63, 3.8) is 0 Å². The van der Waals surface area contributed by atoms with Gasteiger partial charge in [0.25, 0.3) is 5.91 Å². The van der Waals surface area contributed by atoms with Crippen LogP contribution in [0.25, 0.3) is 0 Å². The molecule has 1 atom stereocenters. The molecule has 24 heavy (non-hydrogen) atoms. The lowest BCUT2D eigenvalue weighted by atomic mass is 10.1. The molecule has 3 heterocycles. The van der Waals surface area contributed by atoms with E-state index in [2.05, 4.69) is 40.1 Å². The number of aromatic nitrogens is 2. The third-order valence-corrected chi connectivity index (χ3v) is 5.49. The lowest BCUT2D eigenvalue weighted by molar-refractivity contribution is 0.0935. The molecular weight excluding hydrogens is 344 g/mol. The Bertz CT molecular complexity index is 755. The van der Waals surface area contributed by atoms with E-state index in [0.717, 1.165) is 31.5 Å². The molecule has 1 fully saturated rings. The maximum absolute atomic E-state index is 12.6. The van der Waals surface area contributed by atoms with Gasteiger partial charge in [0, 0.05) is 22.8 Å². The zero-order valence-electron chi connectivity index (χ0n) is 14.1. The average molecular weight is 365 g/mol. The molecule has 5 nitrogen and oxygen atoms in total. The van der Waals surface area contributed by atoms with Gasteiger partial charge >= 0.3 is 0 Å². The van der Waals surface area contributed by atoms with Gasteiger partial charge in [-0.15, -0.1) is 11.3 Å². The summed E-state index contributed by atoms with van der Waals surface area (Å²) >= 11 is 7.89. The number of halogens is 1. The summed E-state index contributed by atoms with van der Waals surface area (Å²) in [4.78, 5) is 25.8. The first kappa shape index (κ1) is 17.2. The van der Waals surface area contributed by atoms with Crippen molar-refractivity contribution in [1.82, 2.24) is 15.3 Å². The molecule has 2 aromatic rings. The predicted octanol–water partition coefficient (Wildman–Crippen LogP) is 3.90. The van der Waals surface area contributed by atoms with Crippen molar-refractivity contribution in [3.8, 4) is 0 Å². The molecule has 1 amide bonds. The van der Waals surface area contributed by atoms with Crippen LogP contribution in [0, 0.1) is 13.8 Å². The normalized spacial score (nSPS) is 15.6. The van der Waals surface area contributed by atoms with E-state index < -0.39 is 0 Å². The Balaban J connectivity index is 1.79. The van der Waals surface area contributed by atoms with Gasteiger partial charge in [0.1, 0.15) is 0 Å². The molecule has 0 bridgehead atoms. The number of carbonyl (C=O) groups excluding carboxylic acids is 1. The highest BCUT2D eigenvalue weighted by molar-refractivity contribution is 7.12. The Morgan fingerprint density at radius 3 is 2.71 bits per heavy atom. The van der Waals surface area contributed by atoms with Crippen molar-refractivity contribution in [3.05, 3.63) is 38.3 Å². The van der Waals surface area contributed by atoms with Crippen LogP contribution in [0.3, 0.4) is 0 Å². The van der Waals surface area contributed by atoms with Crippen molar-refractivity contribution in [2.24, 2.45) is 0 Å². The second-order valence-corrected chi connectivity index (χ2v) is 7.99. The van der Waals surface area contributed by atoms with E-state index in [0.29, 0.717) is 5.95 Å². The maximum atomic E-state index is 12.6. The van der Waals surface area contributed by atoms with E-state index >= 15 is 0 Å². The highest BCUT2D eigenvalue weighted by atomic mass is 35.5. The number of thiophene rings is 1. The van der Waals surface area contributed by atoms with Crippen LogP contribution in [0.1, 0.15) is 51.6 Å². The van der Waals surface area contributed by atoms with Gasteiger partial charge in [-0.2, -0.15) is 0 Å². The SMILES string of the molecule is Cc1cc(C(C)NC(=O)c2nc(N3CCCC3)ncc2Cl)c(C)s1. The number of nitrogens with zero attached hydrogens (tertiary/aromatic N) is 3. The van der Waals surface area contributed by atoms with E-state index in [4.69, 9.17) is 11.6 Å². The van der Waals surface area contributed by atoms with Crippen LogP contribution in [0.15, 0.2) is 12.3 Å². The monoisotopic (exact) mass is 364 g/mol. The first-order valence-electron chi connectivity index (χ1n) is 8.11. The number of amides is 1. The highest BCUT2D eigenvalue weighted by Gasteiger charge is 2.21. The zero-order chi connectivity index (χ0) is 17.3. The summed E-state index contributed by atoms with van der Waals surface area (Å²) < 4.78 is 0. The summed E-state index contributed by atoms with van der Waals surface area (Å²) in [7, 11) is 0. The molecule has 0 radical (unpaired) electrons. The van der Waals surface area contributed by atoms with Crippen LogP contribution < -0.4 is 10.2 Å². The number of nitrogens with one attached hydrogen (secondary N) is 1. The summed E-state index contributed by atoms with van der Waals surface area (Å²) in [6, 6.07) is 2.02. The molecule has 1 N–H and O–H groups in total. The molecule has 1 aliphatic rings. The average Bonchev–Trinajstić information content (AvgIpc) is 3.17. The van der Waals surface area contributed by atoms with Crippen molar-refractivity contribution in [2.75, 3.05) is 18.0 Å². The van der Waals surface area contributed by atoms with Crippen LogP contribution in [-0.4, -0.2) is 29.0 Å². The molecule has 1 saturated heterocycles. The quantitative estimate of drug-likeness (QED) is 0.893. The Morgan fingerprint density at radius 1 is 1.38 bits per heavy atom. The Hall–Kier alpha value is -1.66.